The molecule has 120 valence electrons. The van der Waals surface area contributed by atoms with Gasteiger partial charge in [0.15, 0.2) is 0 Å². The van der Waals surface area contributed by atoms with Gasteiger partial charge < -0.3 is 5.11 Å². The number of rotatable bonds is 5. The molecule has 0 saturated carbocycles. The third-order valence-corrected chi connectivity index (χ3v) is 4.18. The summed E-state index contributed by atoms with van der Waals surface area (Å²) in [6.07, 6.45) is 0. The summed E-state index contributed by atoms with van der Waals surface area (Å²) in [5.74, 6) is -0.621. The highest BCUT2D eigenvalue weighted by atomic mass is 32.2. The number of nitro benzene ring substituents is 2. The van der Waals surface area contributed by atoms with E-state index in [2.05, 4.69) is 0 Å². The molecule has 10 nitrogen and oxygen atoms in total. The molecule has 2 rings (SSSR count). The summed E-state index contributed by atoms with van der Waals surface area (Å²) in [4.78, 5) is 19.4. The predicted molar refractivity (Wildman–Crippen MR) is 78.7 cm³/mol. The molecule has 0 atom stereocenters. The van der Waals surface area contributed by atoms with Crippen LogP contribution in [0.25, 0.3) is 0 Å². The van der Waals surface area contributed by atoms with Crippen LogP contribution in [0.1, 0.15) is 0 Å². The first kappa shape index (κ1) is 16.2. The molecule has 0 aliphatic heterocycles. The summed E-state index contributed by atoms with van der Waals surface area (Å²) in [7, 11) is -4.11. The first-order valence-corrected chi connectivity index (χ1v) is 7.44. The summed E-state index contributed by atoms with van der Waals surface area (Å²) in [5.41, 5.74) is -0.933. The van der Waals surface area contributed by atoms with Gasteiger partial charge in [0.2, 0.25) is 0 Å². The molecular weight excluding hydrogens is 330 g/mol. The van der Waals surface area contributed by atoms with Crippen LogP contribution in [0.15, 0.2) is 47.4 Å². The largest absolute Gasteiger partial charge is 0.505 e. The van der Waals surface area contributed by atoms with Crippen LogP contribution in [0.2, 0.25) is 0 Å². The van der Waals surface area contributed by atoms with Gasteiger partial charge in [0.25, 0.3) is 21.4 Å². The van der Waals surface area contributed by atoms with Crippen molar-refractivity contribution in [2.75, 3.05) is 4.72 Å². The molecular formula is C12H9N3O7S. The van der Waals surface area contributed by atoms with Crippen LogP contribution in [-0.2, 0) is 10.0 Å². The first-order valence-electron chi connectivity index (χ1n) is 5.95. The van der Waals surface area contributed by atoms with E-state index in [1.807, 2.05) is 4.72 Å². The average molecular weight is 339 g/mol. The molecule has 0 bridgehead atoms. The smallest absolute Gasteiger partial charge is 0.273 e. The lowest BCUT2D eigenvalue weighted by Gasteiger charge is -2.09. The third kappa shape index (κ3) is 3.52. The molecule has 0 spiro atoms. The standard InChI is InChI=1S/C12H9N3O7S/c16-12-7-9(15(19)20)3-6-11(12)13-23(21,22)10-4-1-8(2-5-10)14(17)18/h1-7,13,16H. The molecule has 0 heterocycles. The van der Waals surface area contributed by atoms with Crippen molar-refractivity contribution in [3.63, 3.8) is 0 Å². The molecule has 2 N–H and O–H groups in total. The lowest BCUT2D eigenvalue weighted by Crippen LogP contribution is -2.13. The highest BCUT2D eigenvalue weighted by Gasteiger charge is 2.19. The summed E-state index contributed by atoms with van der Waals surface area (Å²) < 4.78 is 26.3. The van der Waals surface area contributed by atoms with E-state index in [9.17, 15) is 33.8 Å². The van der Waals surface area contributed by atoms with Crippen molar-refractivity contribution in [2.24, 2.45) is 0 Å². The normalized spacial score (nSPS) is 11.0. The Hall–Kier alpha value is -3.21. The molecule has 0 aliphatic rings. The Balaban J connectivity index is 2.31. The number of hydrogen-bond acceptors (Lipinski definition) is 7. The van der Waals surface area contributed by atoms with Gasteiger partial charge in [-0.3, -0.25) is 25.0 Å². The fourth-order valence-corrected chi connectivity index (χ4v) is 2.74. The molecule has 0 aromatic heterocycles. The highest BCUT2D eigenvalue weighted by molar-refractivity contribution is 7.92. The van der Waals surface area contributed by atoms with E-state index in [4.69, 9.17) is 0 Å². The number of phenols is 1. The number of nitrogens with zero attached hydrogens (tertiary/aromatic N) is 2. The number of nitro groups is 2. The van der Waals surface area contributed by atoms with Crippen LogP contribution >= 0.6 is 0 Å². The Morgan fingerprint density at radius 3 is 1.91 bits per heavy atom. The predicted octanol–water partition coefficient (Wildman–Crippen LogP) is 2.01. The molecule has 23 heavy (non-hydrogen) atoms. The molecule has 0 aliphatic carbocycles. The average Bonchev–Trinajstić information content (AvgIpc) is 2.49. The van der Waals surface area contributed by atoms with E-state index < -0.39 is 31.3 Å². The van der Waals surface area contributed by atoms with Crippen molar-refractivity contribution >= 4 is 27.1 Å². The molecule has 0 fully saturated rings. The van der Waals surface area contributed by atoms with Crippen molar-refractivity contribution in [1.29, 1.82) is 0 Å². The van der Waals surface area contributed by atoms with Gasteiger partial charge in [-0.15, -0.1) is 0 Å². The van der Waals surface area contributed by atoms with Gasteiger partial charge in [0, 0.05) is 18.2 Å². The monoisotopic (exact) mass is 339 g/mol. The van der Waals surface area contributed by atoms with Gasteiger partial charge in [-0.2, -0.15) is 0 Å². The van der Waals surface area contributed by atoms with E-state index in [1.165, 1.54) is 0 Å². The number of anilines is 1. The molecule has 0 amide bonds. The number of phenolic OH excluding ortho intramolecular Hbond substituents is 1. The van der Waals surface area contributed by atoms with Crippen molar-refractivity contribution in [3.8, 4) is 5.75 Å². The van der Waals surface area contributed by atoms with E-state index >= 15 is 0 Å². The van der Waals surface area contributed by atoms with Gasteiger partial charge in [-0.05, 0) is 18.2 Å². The Morgan fingerprint density at radius 2 is 1.43 bits per heavy atom. The molecule has 11 heteroatoms. The zero-order chi connectivity index (χ0) is 17.2. The maximum atomic E-state index is 12.1. The van der Waals surface area contributed by atoms with Crippen LogP contribution in [-0.4, -0.2) is 23.4 Å². The Morgan fingerprint density at radius 1 is 0.913 bits per heavy atom. The Labute approximate surface area is 129 Å². The van der Waals surface area contributed by atoms with Gasteiger partial charge in [-0.1, -0.05) is 0 Å². The molecule has 2 aromatic carbocycles. The second kappa shape index (κ2) is 5.88. The number of benzene rings is 2. The van der Waals surface area contributed by atoms with Gasteiger partial charge >= 0.3 is 0 Å². The maximum Gasteiger partial charge on any atom is 0.273 e. The first-order chi connectivity index (χ1) is 10.7. The van der Waals surface area contributed by atoms with Crippen molar-refractivity contribution in [1.82, 2.24) is 0 Å². The second-order valence-electron chi connectivity index (χ2n) is 4.32. The Kier molecular flexibility index (Phi) is 4.14. The molecule has 0 unspecified atom stereocenters. The van der Waals surface area contributed by atoms with E-state index in [1.54, 1.807) is 0 Å². The zero-order valence-corrected chi connectivity index (χ0v) is 12.1. The van der Waals surface area contributed by atoms with Gasteiger partial charge in [-0.25, -0.2) is 8.42 Å². The lowest BCUT2D eigenvalue weighted by molar-refractivity contribution is -0.385. The van der Waals surface area contributed by atoms with Crippen LogP contribution in [0.4, 0.5) is 17.1 Å². The lowest BCUT2D eigenvalue weighted by atomic mass is 10.2. The number of sulfonamides is 1. The maximum absolute atomic E-state index is 12.1. The van der Waals surface area contributed by atoms with Crippen molar-refractivity contribution in [3.05, 3.63) is 62.7 Å². The highest BCUT2D eigenvalue weighted by Crippen LogP contribution is 2.30. The number of nitrogens with one attached hydrogen (secondary N) is 1. The van der Waals surface area contributed by atoms with Crippen LogP contribution in [0.3, 0.4) is 0 Å². The summed E-state index contributed by atoms with van der Waals surface area (Å²) in [6, 6.07) is 6.96. The van der Waals surface area contributed by atoms with Crippen molar-refractivity contribution in [2.45, 2.75) is 4.90 Å². The van der Waals surface area contributed by atoms with Gasteiger partial charge in [0.1, 0.15) is 5.75 Å². The quantitative estimate of drug-likeness (QED) is 0.480. The molecule has 0 saturated heterocycles. The van der Waals surface area contributed by atoms with Gasteiger partial charge in [0.05, 0.1) is 26.5 Å². The topological polar surface area (TPSA) is 153 Å². The van der Waals surface area contributed by atoms with Crippen molar-refractivity contribution < 1.29 is 23.4 Å². The molecule has 2 aromatic rings. The fourth-order valence-electron chi connectivity index (χ4n) is 1.67. The third-order valence-electron chi connectivity index (χ3n) is 2.79. The number of aromatic hydroxyl groups is 1. The van der Waals surface area contributed by atoms with E-state index in [0.717, 1.165) is 42.5 Å². The zero-order valence-electron chi connectivity index (χ0n) is 11.2. The van der Waals surface area contributed by atoms with Crippen LogP contribution in [0.5, 0.6) is 5.75 Å². The summed E-state index contributed by atoms with van der Waals surface area (Å²) >= 11 is 0. The molecule has 0 radical (unpaired) electrons. The summed E-state index contributed by atoms with van der Waals surface area (Å²) in [5, 5.41) is 30.7. The van der Waals surface area contributed by atoms with E-state index in [0.29, 0.717) is 0 Å². The Bertz CT molecular complexity index is 878. The SMILES string of the molecule is O=[N+]([O-])c1ccc(S(=O)(=O)Nc2ccc([N+](=O)[O-])cc2O)cc1. The number of hydrogen-bond donors (Lipinski definition) is 2. The fraction of sp³-hybridized carbons (Fsp3) is 0. The number of non-ortho nitro benzene ring substituents is 2. The van der Waals surface area contributed by atoms with E-state index in [-0.39, 0.29) is 16.3 Å². The summed E-state index contributed by atoms with van der Waals surface area (Å²) in [6.45, 7) is 0. The second-order valence-corrected chi connectivity index (χ2v) is 6.00. The van der Waals surface area contributed by atoms with Crippen LogP contribution < -0.4 is 4.72 Å². The van der Waals surface area contributed by atoms with Crippen LogP contribution in [0, 0.1) is 20.2 Å². The minimum atomic E-state index is -4.11. The minimum Gasteiger partial charge on any atom is -0.505 e. The minimum absolute atomic E-state index is 0.256.